The molecule has 7 heteroatoms. The van der Waals surface area contributed by atoms with Crippen molar-refractivity contribution in [3.8, 4) is 0 Å². The van der Waals surface area contributed by atoms with Crippen LogP contribution in [0.3, 0.4) is 0 Å². The van der Waals surface area contributed by atoms with Crippen LogP contribution in [-0.4, -0.2) is 35.1 Å². The molecule has 7 nitrogen and oxygen atoms in total. The topological polar surface area (TPSA) is 96.1 Å². The van der Waals surface area contributed by atoms with Crippen LogP contribution in [0.5, 0.6) is 0 Å². The van der Waals surface area contributed by atoms with Crippen molar-refractivity contribution < 1.29 is 14.3 Å². The Morgan fingerprint density at radius 1 is 1.48 bits per heavy atom. The number of carbonyl (C=O) groups is 2. The Balaban J connectivity index is 1.84. The van der Waals surface area contributed by atoms with E-state index in [1.54, 1.807) is 0 Å². The van der Waals surface area contributed by atoms with E-state index in [1.807, 2.05) is 25.1 Å². The zero-order chi connectivity index (χ0) is 15.2. The van der Waals surface area contributed by atoms with Crippen LogP contribution < -0.4 is 10.6 Å². The average Bonchev–Trinajstić information content (AvgIpc) is 2.84. The molecule has 0 unspecified atom stereocenters. The van der Waals surface area contributed by atoms with Crippen LogP contribution in [0.4, 0.5) is 10.7 Å². The first-order valence-corrected chi connectivity index (χ1v) is 6.39. The Morgan fingerprint density at radius 3 is 3.05 bits per heavy atom. The first-order valence-electron chi connectivity index (χ1n) is 6.39. The summed E-state index contributed by atoms with van der Waals surface area (Å²) < 4.78 is 4.73. The SMILES string of the molecule is C=CC(=O)OCCNC(=O)Nc1nc2cc(C)ccc2[nH]1. The van der Waals surface area contributed by atoms with Crippen molar-refractivity contribution >= 4 is 29.0 Å². The minimum atomic E-state index is -0.523. The minimum absolute atomic E-state index is 0.0810. The maximum atomic E-state index is 11.6. The highest BCUT2D eigenvalue weighted by molar-refractivity contribution is 5.89. The zero-order valence-electron chi connectivity index (χ0n) is 11.6. The van der Waals surface area contributed by atoms with Crippen molar-refractivity contribution in [1.82, 2.24) is 15.3 Å². The summed E-state index contributed by atoms with van der Waals surface area (Å²) >= 11 is 0. The van der Waals surface area contributed by atoms with E-state index in [4.69, 9.17) is 4.74 Å². The van der Waals surface area contributed by atoms with Crippen molar-refractivity contribution in [3.05, 3.63) is 36.4 Å². The molecule has 110 valence electrons. The number of nitrogens with one attached hydrogen (secondary N) is 3. The molecule has 1 aromatic carbocycles. The van der Waals surface area contributed by atoms with E-state index in [1.165, 1.54) is 0 Å². The van der Waals surface area contributed by atoms with E-state index < -0.39 is 12.0 Å². The standard InChI is InChI=1S/C14H16N4O3/c1-3-12(19)21-7-6-15-14(20)18-13-16-10-5-4-9(2)8-11(10)17-13/h3-5,8H,1,6-7H2,2H3,(H3,15,16,17,18,20). The zero-order valence-corrected chi connectivity index (χ0v) is 11.6. The number of esters is 1. The molecule has 1 heterocycles. The van der Waals surface area contributed by atoms with Crippen molar-refractivity contribution in [3.63, 3.8) is 0 Å². The third-order valence-electron chi connectivity index (χ3n) is 2.67. The number of urea groups is 1. The molecule has 3 N–H and O–H groups in total. The number of ether oxygens (including phenoxy) is 1. The number of aryl methyl sites for hydroxylation is 1. The molecule has 0 aliphatic heterocycles. The molecule has 21 heavy (non-hydrogen) atoms. The summed E-state index contributed by atoms with van der Waals surface area (Å²) in [5.41, 5.74) is 2.72. The highest BCUT2D eigenvalue weighted by atomic mass is 16.5. The number of carbonyl (C=O) groups excluding carboxylic acids is 2. The van der Waals surface area contributed by atoms with E-state index in [2.05, 4.69) is 27.2 Å². The summed E-state index contributed by atoms with van der Waals surface area (Å²) in [6.07, 6.45) is 1.07. The largest absolute Gasteiger partial charge is 0.461 e. The molecule has 0 spiro atoms. The number of aromatic amines is 1. The van der Waals surface area contributed by atoms with Crippen LogP contribution in [-0.2, 0) is 9.53 Å². The van der Waals surface area contributed by atoms with Gasteiger partial charge >= 0.3 is 12.0 Å². The summed E-state index contributed by atoms with van der Waals surface area (Å²) in [4.78, 5) is 29.7. The number of amides is 2. The van der Waals surface area contributed by atoms with E-state index in [9.17, 15) is 9.59 Å². The third-order valence-corrected chi connectivity index (χ3v) is 2.67. The predicted octanol–water partition coefficient (Wildman–Crippen LogP) is 1.72. The number of rotatable bonds is 5. The molecular weight excluding hydrogens is 272 g/mol. The molecule has 0 aliphatic carbocycles. The van der Waals surface area contributed by atoms with Crippen molar-refractivity contribution in [2.45, 2.75) is 6.92 Å². The maximum absolute atomic E-state index is 11.6. The van der Waals surface area contributed by atoms with Gasteiger partial charge in [0.25, 0.3) is 0 Å². The van der Waals surface area contributed by atoms with Crippen LogP contribution >= 0.6 is 0 Å². The van der Waals surface area contributed by atoms with Crippen molar-refractivity contribution in [2.75, 3.05) is 18.5 Å². The summed E-state index contributed by atoms with van der Waals surface area (Å²) in [7, 11) is 0. The Labute approximate surface area is 121 Å². The highest BCUT2D eigenvalue weighted by Gasteiger charge is 2.06. The fraction of sp³-hybridized carbons (Fsp3) is 0.214. The third kappa shape index (κ3) is 4.07. The Kier molecular flexibility index (Phi) is 4.55. The number of nitrogens with zero attached hydrogens (tertiary/aromatic N) is 1. The Morgan fingerprint density at radius 2 is 2.29 bits per heavy atom. The van der Waals surface area contributed by atoms with E-state index in [-0.39, 0.29) is 13.2 Å². The summed E-state index contributed by atoms with van der Waals surface area (Å²) in [6, 6.07) is 5.35. The number of aromatic nitrogens is 2. The molecule has 2 aromatic rings. The quantitative estimate of drug-likeness (QED) is 0.443. The van der Waals surface area contributed by atoms with Gasteiger partial charge in [-0.05, 0) is 24.6 Å². The van der Waals surface area contributed by atoms with Crippen LogP contribution in [0.15, 0.2) is 30.9 Å². The van der Waals surface area contributed by atoms with Gasteiger partial charge in [0.2, 0.25) is 5.95 Å². The molecule has 0 saturated carbocycles. The second kappa shape index (κ2) is 6.56. The lowest BCUT2D eigenvalue weighted by Gasteiger charge is -2.05. The summed E-state index contributed by atoms with van der Waals surface area (Å²) in [6.45, 7) is 5.52. The molecule has 0 fully saturated rings. The van der Waals surface area contributed by atoms with Crippen molar-refractivity contribution in [2.24, 2.45) is 0 Å². The lowest BCUT2D eigenvalue weighted by molar-refractivity contribution is -0.137. The molecule has 0 atom stereocenters. The van der Waals surface area contributed by atoms with Gasteiger partial charge in [0.05, 0.1) is 17.6 Å². The maximum Gasteiger partial charge on any atom is 0.330 e. The first kappa shape index (κ1) is 14.6. The average molecular weight is 288 g/mol. The monoisotopic (exact) mass is 288 g/mol. The van der Waals surface area contributed by atoms with Crippen LogP contribution in [0, 0.1) is 6.92 Å². The van der Waals surface area contributed by atoms with Gasteiger partial charge in [0.15, 0.2) is 0 Å². The van der Waals surface area contributed by atoms with Gasteiger partial charge < -0.3 is 15.0 Å². The smallest absolute Gasteiger partial charge is 0.330 e. The summed E-state index contributed by atoms with van der Waals surface area (Å²) in [5, 5.41) is 5.12. The lowest BCUT2D eigenvalue weighted by atomic mass is 10.2. The van der Waals surface area contributed by atoms with Crippen LogP contribution in [0.2, 0.25) is 0 Å². The van der Waals surface area contributed by atoms with Gasteiger partial charge in [-0.2, -0.15) is 0 Å². The molecule has 2 rings (SSSR count). The molecular formula is C14H16N4O3. The number of hydrogen-bond acceptors (Lipinski definition) is 4. The fourth-order valence-corrected chi connectivity index (χ4v) is 1.70. The lowest BCUT2D eigenvalue weighted by Crippen LogP contribution is -2.32. The molecule has 0 radical (unpaired) electrons. The fourth-order valence-electron chi connectivity index (χ4n) is 1.70. The molecule has 0 saturated heterocycles. The van der Waals surface area contributed by atoms with Crippen LogP contribution in [0.25, 0.3) is 11.0 Å². The second-order valence-electron chi connectivity index (χ2n) is 4.36. The number of anilines is 1. The molecule has 1 aromatic heterocycles. The first-order chi connectivity index (χ1) is 10.1. The Bertz CT molecular complexity index is 678. The second-order valence-corrected chi connectivity index (χ2v) is 4.36. The number of benzene rings is 1. The van der Waals surface area contributed by atoms with Crippen molar-refractivity contribution in [1.29, 1.82) is 0 Å². The van der Waals surface area contributed by atoms with Gasteiger partial charge in [-0.25, -0.2) is 14.6 Å². The van der Waals surface area contributed by atoms with Gasteiger partial charge in [-0.1, -0.05) is 12.6 Å². The van der Waals surface area contributed by atoms with Crippen LogP contribution in [0.1, 0.15) is 5.56 Å². The number of hydrogen-bond donors (Lipinski definition) is 3. The van der Waals surface area contributed by atoms with Gasteiger partial charge in [0, 0.05) is 6.08 Å². The minimum Gasteiger partial charge on any atom is -0.461 e. The van der Waals surface area contributed by atoms with E-state index in [0.29, 0.717) is 5.95 Å². The number of H-pyrrole nitrogens is 1. The van der Waals surface area contributed by atoms with Gasteiger partial charge in [-0.15, -0.1) is 0 Å². The summed E-state index contributed by atoms with van der Waals surface area (Å²) in [5.74, 6) is -0.166. The Hall–Kier alpha value is -2.83. The number of imidazole rings is 1. The van der Waals surface area contributed by atoms with Gasteiger partial charge in [-0.3, -0.25) is 5.32 Å². The van der Waals surface area contributed by atoms with E-state index >= 15 is 0 Å². The number of fused-ring (bicyclic) bond motifs is 1. The normalized spacial score (nSPS) is 10.1. The van der Waals surface area contributed by atoms with E-state index in [0.717, 1.165) is 22.7 Å². The molecule has 2 amide bonds. The molecule has 0 bridgehead atoms. The highest BCUT2D eigenvalue weighted by Crippen LogP contribution is 2.15. The molecule has 0 aliphatic rings. The van der Waals surface area contributed by atoms with Gasteiger partial charge in [0.1, 0.15) is 6.61 Å². The predicted molar refractivity (Wildman–Crippen MR) is 79.0 cm³/mol.